The molecule has 0 spiro atoms. The summed E-state index contributed by atoms with van der Waals surface area (Å²) in [6, 6.07) is 4.83. The second-order valence-electron chi connectivity index (χ2n) is 5.83. The number of pyridine rings is 1. The molecule has 0 bridgehead atoms. The van der Waals surface area contributed by atoms with Crippen molar-refractivity contribution in [2.75, 3.05) is 37.3 Å². The molecule has 6 nitrogen and oxygen atoms in total. The average Bonchev–Trinajstić information content (AvgIpc) is 3.29. The molecule has 1 aliphatic carbocycles. The smallest absolute Gasteiger partial charge is 0.211 e. The monoisotopic (exact) mass is 310 g/mol. The first kappa shape index (κ1) is 14.7. The highest BCUT2D eigenvalue weighted by molar-refractivity contribution is 7.88. The van der Waals surface area contributed by atoms with E-state index in [0.717, 1.165) is 12.4 Å². The minimum Gasteiger partial charge on any atom is -0.354 e. The molecule has 0 amide bonds. The molecule has 1 aliphatic heterocycles. The molecule has 0 aromatic carbocycles. The lowest BCUT2D eigenvalue weighted by molar-refractivity contribution is 0.387. The van der Waals surface area contributed by atoms with E-state index in [0.29, 0.717) is 32.2 Å². The third kappa shape index (κ3) is 3.93. The molecule has 0 radical (unpaired) electrons. The fourth-order valence-electron chi connectivity index (χ4n) is 2.51. The van der Waals surface area contributed by atoms with Crippen molar-refractivity contribution in [2.45, 2.75) is 25.4 Å². The second kappa shape index (κ2) is 5.90. The molecule has 1 aromatic heterocycles. The van der Waals surface area contributed by atoms with Crippen molar-refractivity contribution in [2.24, 2.45) is 0 Å². The average molecular weight is 310 g/mol. The predicted octanol–water partition coefficient (Wildman–Crippen LogP) is 0.415. The SMILES string of the molecule is CS(=O)(=O)N1CCN(c2ccc(CNC3CC3)cn2)CC1. The highest BCUT2D eigenvalue weighted by Crippen LogP contribution is 2.20. The van der Waals surface area contributed by atoms with Crippen LogP contribution in [0, 0.1) is 0 Å². The number of nitrogens with zero attached hydrogens (tertiary/aromatic N) is 3. The van der Waals surface area contributed by atoms with Crippen LogP contribution in [0.3, 0.4) is 0 Å². The fourth-order valence-corrected chi connectivity index (χ4v) is 3.33. The van der Waals surface area contributed by atoms with Crippen LogP contribution in [-0.4, -0.2) is 56.2 Å². The van der Waals surface area contributed by atoms with Crippen molar-refractivity contribution in [3.63, 3.8) is 0 Å². The van der Waals surface area contributed by atoms with E-state index < -0.39 is 10.0 Å². The summed E-state index contributed by atoms with van der Waals surface area (Å²) in [5, 5.41) is 3.47. The predicted molar refractivity (Wildman–Crippen MR) is 82.7 cm³/mol. The van der Waals surface area contributed by atoms with E-state index >= 15 is 0 Å². The van der Waals surface area contributed by atoms with E-state index in [1.165, 1.54) is 29.0 Å². The Hall–Kier alpha value is -1.18. The van der Waals surface area contributed by atoms with E-state index in [4.69, 9.17) is 0 Å². The van der Waals surface area contributed by atoms with Gasteiger partial charge in [-0.1, -0.05) is 6.07 Å². The summed E-state index contributed by atoms with van der Waals surface area (Å²) in [4.78, 5) is 6.64. The number of anilines is 1. The summed E-state index contributed by atoms with van der Waals surface area (Å²) in [7, 11) is -3.07. The van der Waals surface area contributed by atoms with Crippen molar-refractivity contribution in [1.82, 2.24) is 14.6 Å². The Morgan fingerprint density at radius 1 is 1.24 bits per heavy atom. The largest absolute Gasteiger partial charge is 0.354 e. The molecular weight excluding hydrogens is 288 g/mol. The van der Waals surface area contributed by atoms with Crippen molar-refractivity contribution >= 4 is 15.8 Å². The summed E-state index contributed by atoms with van der Waals surface area (Å²) in [6.45, 7) is 3.33. The second-order valence-corrected chi connectivity index (χ2v) is 7.81. The number of piperazine rings is 1. The van der Waals surface area contributed by atoms with Gasteiger partial charge in [0.25, 0.3) is 0 Å². The van der Waals surface area contributed by atoms with Gasteiger partial charge in [-0.25, -0.2) is 13.4 Å². The molecule has 0 unspecified atom stereocenters. The maximum absolute atomic E-state index is 11.5. The van der Waals surface area contributed by atoms with Gasteiger partial charge in [-0.05, 0) is 24.5 Å². The molecule has 7 heteroatoms. The number of aromatic nitrogens is 1. The zero-order valence-corrected chi connectivity index (χ0v) is 13.1. The Bertz CT molecular complexity index is 575. The molecule has 116 valence electrons. The molecular formula is C14H22N4O2S. The Balaban J connectivity index is 1.55. The van der Waals surface area contributed by atoms with Gasteiger partial charge in [0.15, 0.2) is 0 Å². The Morgan fingerprint density at radius 2 is 1.95 bits per heavy atom. The van der Waals surface area contributed by atoms with Crippen molar-refractivity contribution in [3.8, 4) is 0 Å². The number of rotatable bonds is 5. The maximum Gasteiger partial charge on any atom is 0.211 e. The van der Waals surface area contributed by atoms with E-state index in [1.807, 2.05) is 12.3 Å². The van der Waals surface area contributed by atoms with Crippen LogP contribution >= 0.6 is 0 Å². The first-order valence-corrected chi connectivity index (χ1v) is 9.25. The van der Waals surface area contributed by atoms with E-state index in [1.54, 1.807) is 0 Å². The zero-order valence-electron chi connectivity index (χ0n) is 12.3. The molecule has 0 atom stereocenters. The Morgan fingerprint density at radius 3 is 2.48 bits per heavy atom. The molecule has 1 saturated carbocycles. The lowest BCUT2D eigenvalue weighted by Crippen LogP contribution is -2.48. The van der Waals surface area contributed by atoms with E-state index in [-0.39, 0.29) is 0 Å². The minimum absolute atomic E-state index is 0.533. The van der Waals surface area contributed by atoms with Crippen molar-refractivity contribution in [3.05, 3.63) is 23.9 Å². The minimum atomic E-state index is -3.07. The standard InChI is InChI=1S/C14H22N4O2S/c1-21(19,20)18-8-6-17(7-9-18)14-5-2-12(11-16-14)10-15-13-3-4-13/h2,5,11,13,15H,3-4,6-10H2,1H3. The number of hydrogen-bond donors (Lipinski definition) is 1. The van der Waals surface area contributed by atoms with Crippen LogP contribution in [0.25, 0.3) is 0 Å². The summed E-state index contributed by atoms with van der Waals surface area (Å²) in [5.41, 5.74) is 1.19. The molecule has 1 aromatic rings. The van der Waals surface area contributed by atoms with Crippen molar-refractivity contribution in [1.29, 1.82) is 0 Å². The molecule has 2 heterocycles. The zero-order chi connectivity index (χ0) is 14.9. The van der Waals surface area contributed by atoms with Gasteiger partial charge in [-0.3, -0.25) is 0 Å². The number of nitrogens with one attached hydrogen (secondary N) is 1. The van der Waals surface area contributed by atoms with Gasteiger partial charge in [0.05, 0.1) is 6.26 Å². The van der Waals surface area contributed by atoms with Crippen LogP contribution in [0.15, 0.2) is 18.3 Å². The Labute approximate surface area is 126 Å². The van der Waals surface area contributed by atoms with Gasteiger partial charge in [-0.2, -0.15) is 4.31 Å². The molecule has 1 saturated heterocycles. The van der Waals surface area contributed by atoms with Crippen LogP contribution in [0.2, 0.25) is 0 Å². The third-order valence-electron chi connectivity index (χ3n) is 4.01. The summed E-state index contributed by atoms with van der Waals surface area (Å²) in [6.07, 6.45) is 5.75. The summed E-state index contributed by atoms with van der Waals surface area (Å²) in [5.74, 6) is 0.929. The van der Waals surface area contributed by atoms with Gasteiger partial charge in [0, 0.05) is 45.0 Å². The molecule has 1 N–H and O–H groups in total. The van der Waals surface area contributed by atoms with Crippen molar-refractivity contribution < 1.29 is 8.42 Å². The highest BCUT2D eigenvalue weighted by atomic mass is 32.2. The molecule has 2 fully saturated rings. The van der Waals surface area contributed by atoms with Crippen LogP contribution in [0.4, 0.5) is 5.82 Å². The molecule has 21 heavy (non-hydrogen) atoms. The fraction of sp³-hybridized carbons (Fsp3) is 0.643. The van der Waals surface area contributed by atoms with Crippen LogP contribution in [0.1, 0.15) is 18.4 Å². The first-order chi connectivity index (χ1) is 10.0. The van der Waals surface area contributed by atoms with Gasteiger partial charge < -0.3 is 10.2 Å². The maximum atomic E-state index is 11.5. The first-order valence-electron chi connectivity index (χ1n) is 7.41. The van der Waals surface area contributed by atoms with Crippen LogP contribution in [0.5, 0.6) is 0 Å². The van der Waals surface area contributed by atoms with E-state index in [2.05, 4.69) is 21.3 Å². The van der Waals surface area contributed by atoms with Crippen LogP contribution < -0.4 is 10.2 Å². The molecule has 3 rings (SSSR count). The number of hydrogen-bond acceptors (Lipinski definition) is 5. The van der Waals surface area contributed by atoms with Gasteiger partial charge in [-0.15, -0.1) is 0 Å². The summed E-state index contributed by atoms with van der Waals surface area (Å²) >= 11 is 0. The van der Waals surface area contributed by atoms with Crippen LogP contribution in [-0.2, 0) is 16.6 Å². The highest BCUT2D eigenvalue weighted by Gasteiger charge is 2.24. The topological polar surface area (TPSA) is 65.5 Å². The molecule has 2 aliphatic rings. The lowest BCUT2D eigenvalue weighted by Gasteiger charge is -2.34. The van der Waals surface area contributed by atoms with E-state index in [9.17, 15) is 8.42 Å². The normalized spacial score (nSPS) is 20.7. The van der Waals surface area contributed by atoms with Gasteiger partial charge in [0.1, 0.15) is 5.82 Å². The third-order valence-corrected chi connectivity index (χ3v) is 5.32. The van der Waals surface area contributed by atoms with Gasteiger partial charge >= 0.3 is 0 Å². The summed E-state index contributed by atoms with van der Waals surface area (Å²) < 4.78 is 24.5. The van der Waals surface area contributed by atoms with Gasteiger partial charge in [0.2, 0.25) is 10.0 Å². The Kier molecular flexibility index (Phi) is 4.14. The number of sulfonamides is 1. The lowest BCUT2D eigenvalue weighted by atomic mass is 10.2. The quantitative estimate of drug-likeness (QED) is 0.853.